The number of rotatable bonds is 5. The Morgan fingerprint density at radius 1 is 1.33 bits per heavy atom. The van der Waals surface area contributed by atoms with Crippen LogP contribution < -0.4 is 0 Å². The van der Waals surface area contributed by atoms with Crippen LogP contribution in [0.4, 0.5) is 0 Å². The van der Waals surface area contributed by atoms with Crippen molar-refractivity contribution >= 4 is 21.6 Å². The fourth-order valence-electron chi connectivity index (χ4n) is 3.04. The Morgan fingerprint density at radius 3 is 2.76 bits per heavy atom. The summed E-state index contributed by atoms with van der Waals surface area (Å²) in [7, 11) is -3.42. The summed E-state index contributed by atoms with van der Waals surface area (Å²) in [5.41, 5.74) is 1.65. The second-order valence-electron chi connectivity index (χ2n) is 5.79. The maximum Gasteiger partial charge on any atom is 0.243 e. The smallest absolute Gasteiger partial charge is 0.207 e. The maximum absolute atomic E-state index is 13.0. The standard InChI is InChI=1S/C16H24ClNO2S/c1-3-6-15-7-4-5-10-18(15)21(19,20)16-11-14(12-17)9-8-13(16)2/h8-9,11,15H,3-7,10,12H2,1-2H3. The molecule has 1 saturated heterocycles. The van der Waals surface area contributed by atoms with Crippen molar-refractivity contribution in [2.24, 2.45) is 0 Å². The molecular weight excluding hydrogens is 306 g/mol. The van der Waals surface area contributed by atoms with Gasteiger partial charge in [-0.3, -0.25) is 0 Å². The van der Waals surface area contributed by atoms with E-state index in [9.17, 15) is 8.42 Å². The van der Waals surface area contributed by atoms with Crippen molar-refractivity contribution in [3.63, 3.8) is 0 Å². The van der Waals surface area contributed by atoms with Crippen molar-refractivity contribution in [3.05, 3.63) is 29.3 Å². The molecule has 0 spiro atoms. The Balaban J connectivity index is 2.40. The molecule has 1 heterocycles. The van der Waals surface area contributed by atoms with Gasteiger partial charge in [0.25, 0.3) is 0 Å². The molecule has 1 aromatic carbocycles. The average Bonchev–Trinajstić information content (AvgIpc) is 2.48. The van der Waals surface area contributed by atoms with Gasteiger partial charge in [0.15, 0.2) is 0 Å². The van der Waals surface area contributed by atoms with Crippen molar-refractivity contribution in [2.75, 3.05) is 6.54 Å². The third-order valence-electron chi connectivity index (χ3n) is 4.19. The molecule has 1 unspecified atom stereocenters. The predicted molar refractivity (Wildman–Crippen MR) is 87.2 cm³/mol. The molecule has 0 amide bonds. The molecule has 0 N–H and O–H groups in total. The van der Waals surface area contributed by atoms with Crippen LogP contribution in [0.2, 0.25) is 0 Å². The van der Waals surface area contributed by atoms with E-state index in [2.05, 4.69) is 6.92 Å². The van der Waals surface area contributed by atoms with Gasteiger partial charge in [0, 0.05) is 18.5 Å². The fraction of sp³-hybridized carbons (Fsp3) is 0.625. The van der Waals surface area contributed by atoms with Gasteiger partial charge in [-0.05, 0) is 43.4 Å². The number of hydrogen-bond acceptors (Lipinski definition) is 2. The van der Waals surface area contributed by atoms with E-state index in [-0.39, 0.29) is 6.04 Å². The molecule has 1 aliphatic rings. The van der Waals surface area contributed by atoms with Gasteiger partial charge in [-0.1, -0.05) is 31.9 Å². The van der Waals surface area contributed by atoms with Crippen LogP contribution in [0.5, 0.6) is 0 Å². The SMILES string of the molecule is CCCC1CCCCN1S(=O)(=O)c1cc(CCl)ccc1C. The highest BCUT2D eigenvalue weighted by Crippen LogP contribution is 2.29. The molecule has 5 heteroatoms. The van der Waals surface area contributed by atoms with Gasteiger partial charge in [-0.25, -0.2) is 8.42 Å². The number of benzene rings is 1. The molecule has 0 aliphatic carbocycles. The van der Waals surface area contributed by atoms with Crippen LogP contribution in [-0.2, 0) is 15.9 Å². The maximum atomic E-state index is 13.0. The summed E-state index contributed by atoms with van der Waals surface area (Å²) in [6.07, 6.45) is 5.00. The first-order chi connectivity index (χ1) is 10.0. The lowest BCUT2D eigenvalue weighted by Crippen LogP contribution is -2.43. The molecule has 0 saturated carbocycles. The minimum absolute atomic E-state index is 0.146. The highest BCUT2D eigenvalue weighted by Gasteiger charge is 2.33. The number of alkyl halides is 1. The Bertz CT molecular complexity index is 584. The summed E-state index contributed by atoms with van der Waals surface area (Å²) in [5.74, 6) is 0.335. The zero-order valence-corrected chi connectivity index (χ0v) is 14.4. The third-order valence-corrected chi connectivity index (χ3v) is 6.59. The number of aryl methyl sites for hydroxylation is 1. The molecule has 2 rings (SSSR count). The second-order valence-corrected chi connectivity index (χ2v) is 7.91. The van der Waals surface area contributed by atoms with E-state index in [1.54, 1.807) is 10.4 Å². The van der Waals surface area contributed by atoms with E-state index < -0.39 is 10.0 Å². The van der Waals surface area contributed by atoms with Crippen LogP contribution in [0.3, 0.4) is 0 Å². The van der Waals surface area contributed by atoms with Crippen LogP contribution in [0.25, 0.3) is 0 Å². The van der Waals surface area contributed by atoms with Gasteiger partial charge in [-0.15, -0.1) is 11.6 Å². The predicted octanol–water partition coefficient (Wildman–Crippen LogP) is 4.08. The van der Waals surface area contributed by atoms with Gasteiger partial charge in [0.1, 0.15) is 0 Å². The highest BCUT2D eigenvalue weighted by molar-refractivity contribution is 7.89. The van der Waals surface area contributed by atoms with Gasteiger partial charge >= 0.3 is 0 Å². The normalized spacial score (nSPS) is 20.6. The Morgan fingerprint density at radius 2 is 2.10 bits per heavy atom. The van der Waals surface area contributed by atoms with Crippen molar-refractivity contribution in [3.8, 4) is 0 Å². The van der Waals surface area contributed by atoms with Crippen LogP contribution in [0, 0.1) is 6.92 Å². The summed E-state index contributed by atoms with van der Waals surface area (Å²) >= 11 is 5.86. The number of nitrogens with zero attached hydrogens (tertiary/aromatic N) is 1. The lowest BCUT2D eigenvalue weighted by Gasteiger charge is -2.35. The lowest BCUT2D eigenvalue weighted by atomic mass is 10.0. The molecule has 1 aromatic rings. The lowest BCUT2D eigenvalue weighted by molar-refractivity contribution is 0.239. The minimum atomic E-state index is -3.42. The zero-order chi connectivity index (χ0) is 15.5. The number of sulfonamides is 1. The van der Waals surface area contributed by atoms with Crippen molar-refractivity contribution in [1.29, 1.82) is 0 Å². The van der Waals surface area contributed by atoms with Crippen LogP contribution in [-0.4, -0.2) is 25.3 Å². The Labute approximate surface area is 133 Å². The molecular formula is C16H24ClNO2S. The third kappa shape index (κ3) is 3.61. The van der Waals surface area contributed by atoms with Crippen LogP contribution in [0.15, 0.2) is 23.1 Å². The van der Waals surface area contributed by atoms with E-state index in [4.69, 9.17) is 11.6 Å². The summed E-state index contributed by atoms with van der Waals surface area (Å²) in [5, 5.41) is 0. The fourth-order valence-corrected chi connectivity index (χ4v) is 5.21. The van der Waals surface area contributed by atoms with Crippen molar-refractivity contribution < 1.29 is 8.42 Å². The van der Waals surface area contributed by atoms with Gasteiger partial charge < -0.3 is 0 Å². The number of halogens is 1. The Kier molecular flexibility index (Phi) is 5.69. The summed E-state index contributed by atoms with van der Waals surface area (Å²) in [6, 6.07) is 5.62. The van der Waals surface area contributed by atoms with E-state index in [0.717, 1.165) is 43.2 Å². The molecule has 1 aliphatic heterocycles. The molecule has 3 nitrogen and oxygen atoms in total. The first-order valence-corrected chi connectivity index (χ1v) is 9.65. The van der Waals surface area contributed by atoms with E-state index in [0.29, 0.717) is 17.3 Å². The number of piperidine rings is 1. The molecule has 1 atom stereocenters. The largest absolute Gasteiger partial charge is 0.243 e. The molecule has 0 radical (unpaired) electrons. The first-order valence-electron chi connectivity index (χ1n) is 7.68. The second kappa shape index (κ2) is 7.12. The molecule has 21 heavy (non-hydrogen) atoms. The molecule has 1 fully saturated rings. The average molecular weight is 330 g/mol. The molecule has 0 bridgehead atoms. The van der Waals surface area contributed by atoms with Crippen LogP contribution >= 0.6 is 11.6 Å². The zero-order valence-electron chi connectivity index (χ0n) is 12.8. The monoisotopic (exact) mass is 329 g/mol. The van der Waals surface area contributed by atoms with Crippen molar-refractivity contribution in [1.82, 2.24) is 4.31 Å². The van der Waals surface area contributed by atoms with E-state index in [1.807, 2.05) is 19.1 Å². The topological polar surface area (TPSA) is 37.4 Å². The van der Waals surface area contributed by atoms with Crippen molar-refractivity contribution in [2.45, 2.75) is 62.8 Å². The first kappa shape index (κ1) is 16.8. The van der Waals surface area contributed by atoms with E-state index in [1.165, 1.54) is 0 Å². The molecule has 118 valence electrons. The van der Waals surface area contributed by atoms with Gasteiger partial charge in [0.2, 0.25) is 10.0 Å². The van der Waals surface area contributed by atoms with Gasteiger partial charge in [-0.2, -0.15) is 4.31 Å². The summed E-state index contributed by atoms with van der Waals surface area (Å²) in [6.45, 7) is 4.60. The van der Waals surface area contributed by atoms with E-state index >= 15 is 0 Å². The van der Waals surface area contributed by atoms with Crippen LogP contribution in [0.1, 0.15) is 50.2 Å². The quantitative estimate of drug-likeness (QED) is 0.763. The Hall–Kier alpha value is -0.580. The number of hydrogen-bond donors (Lipinski definition) is 0. The summed E-state index contributed by atoms with van der Waals surface area (Å²) in [4.78, 5) is 0.420. The highest BCUT2D eigenvalue weighted by atomic mass is 35.5. The van der Waals surface area contributed by atoms with Gasteiger partial charge in [0.05, 0.1) is 4.90 Å². The summed E-state index contributed by atoms with van der Waals surface area (Å²) < 4.78 is 27.8. The minimum Gasteiger partial charge on any atom is -0.207 e. The molecule has 0 aromatic heterocycles.